The molecule has 21 heavy (non-hydrogen) atoms. The van der Waals surface area contributed by atoms with Crippen LogP contribution in [0.25, 0.3) is 0 Å². The van der Waals surface area contributed by atoms with E-state index in [-0.39, 0.29) is 0 Å². The van der Waals surface area contributed by atoms with E-state index in [9.17, 15) is 0 Å². The topological polar surface area (TPSA) is 44.3 Å². The van der Waals surface area contributed by atoms with E-state index in [0.29, 0.717) is 0 Å². The van der Waals surface area contributed by atoms with Gasteiger partial charge in [0.15, 0.2) is 5.13 Å². The summed E-state index contributed by atoms with van der Waals surface area (Å²) < 4.78 is 0. The third-order valence-electron chi connectivity index (χ3n) is 3.53. The lowest BCUT2D eigenvalue weighted by Crippen LogP contribution is -2.46. The molecule has 2 aromatic rings. The number of nitrogens with one attached hydrogen (secondary N) is 1. The summed E-state index contributed by atoms with van der Waals surface area (Å²) in [5, 5.41) is 6.94. The quantitative estimate of drug-likeness (QED) is 0.935. The average Bonchev–Trinajstić information content (AvgIpc) is 3.02. The minimum absolute atomic E-state index is 0.727. The molecule has 0 atom stereocenters. The highest BCUT2D eigenvalue weighted by atomic mass is 35.5. The Balaban J connectivity index is 1.66. The molecule has 2 aromatic heterocycles. The van der Waals surface area contributed by atoms with Gasteiger partial charge in [-0.3, -0.25) is 0 Å². The number of piperazine rings is 1. The van der Waals surface area contributed by atoms with Crippen LogP contribution in [0.4, 0.5) is 10.9 Å². The Morgan fingerprint density at radius 1 is 1.24 bits per heavy atom. The van der Waals surface area contributed by atoms with Crippen LogP contribution in [0.2, 0.25) is 5.02 Å². The van der Waals surface area contributed by atoms with Crippen LogP contribution in [0.3, 0.4) is 0 Å². The van der Waals surface area contributed by atoms with Gasteiger partial charge in [0, 0.05) is 50.5 Å². The third kappa shape index (κ3) is 3.28. The van der Waals surface area contributed by atoms with Crippen LogP contribution < -0.4 is 15.1 Å². The SMILES string of the molecule is CNCc1cnc(N2CCN(c3nccs3)CC2)c(Cl)c1. The summed E-state index contributed by atoms with van der Waals surface area (Å²) in [6.45, 7) is 4.51. The zero-order valence-electron chi connectivity index (χ0n) is 11.9. The molecule has 3 heterocycles. The van der Waals surface area contributed by atoms with Crippen LogP contribution >= 0.6 is 22.9 Å². The molecule has 112 valence electrons. The van der Waals surface area contributed by atoms with Gasteiger partial charge in [-0.1, -0.05) is 11.6 Å². The van der Waals surface area contributed by atoms with E-state index < -0.39 is 0 Å². The van der Waals surface area contributed by atoms with E-state index in [1.165, 1.54) is 0 Å². The Morgan fingerprint density at radius 3 is 2.62 bits per heavy atom. The second kappa shape index (κ2) is 6.60. The zero-order chi connectivity index (χ0) is 14.7. The van der Waals surface area contributed by atoms with Gasteiger partial charge in [0.25, 0.3) is 0 Å². The smallest absolute Gasteiger partial charge is 0.185 e. The molecule has 0 amide bonds. The maximum Gasteiger partial charge on any atom is 0.185 e. The molecule has 0 spiro atoms. The number of hydrogen-bond acceptors (Lipinski definition) is 6. The van der Waals surface area contributed by atoms with Crippen LogP contribution in [-0.4, -0.2) is 43.2 Å². The summed E-state index contributed by atoms with van der Waals surface area (Å²) in [5.74, 6) is 0.885. The Labute approximate surface area is 133 Å². The van der Waals surface area contributed by atoms with E-state index >= 15 is 0 Å². The highest BCUT2D eigenvalue weighted by Gasteiger charge is 2.21. The first-order valence-corrected chi connectivity index (χ1v) is 8.22. The summed E-state index contributed by atoms with van der Waals surface area (Å²) in [7, 11) is 1.92. The molecule has 0 aliphatic carbocycles. The largest absolute Gasteiger partial charge is 0.352 e. The first-order chi connectivity index (χ1) is 10.3. The molecule has 1 aliphatic rings. The van der Waals surface area contributed by atoms with Crippen LogP contribution in [0.1, 0.15) is 5.56 Å². The summed E-state index contributed by atoms with van der Waals surface area (Å²) >= 11 is 8.06. The van der Waals surface area contributed by atoms with Crippen LogP contribution in [0.15, 0.2) is 23.8 Å². The Hall–Kier alpha value is -1.37. The van der Waals surface area contributed by atoms with Crippen molar-refractivity contribution >= 4 is 33.9 Å². The zero-order valence-corrected chi connectivity index (χ0v) is 13.5. The number of aromatic nitrogens is 2. The molecule has 1 fully saturated rings. The van der Waals surface area contributed by atoms with Gasteiger partial charge in [0.2, 0.25) is 0 Å². The van der Waals surface area contributed by atoms with Gasteiger partial charge >= 0.3 is 0 Å². The lowest BCUT2D eigenvalue weighted by Gasteiger charge is -2.35. The van der Waals surface area contributed by atoms with Crippen molar-refractivity contribution in [3.63, 3.8) is 0 Å². The highest BCUT2D eigenvalue weighted by Crippen LogP contribution is 2.26. The van der Waals surface area contributed by atoms with Crippen molar-refractivity contribution < 1.29 is 0 Å². The number of anilines is 2. The van der Waals surface area contributed by atoms with Gasteiger partial charge < -0.3 is 15.1 Å². The maximum atomic E-state index is 6.38. The summed E-state index contributed by atoms with van der Waals surface area (Å²) in [5.41, 5.74) is 1.10. The lowest BCUT2D eigenvalue weighted by molar-refractivity contribution is 0.645. The molecule has 0 saturated carbocycles. The minimum Gasteiger partial charge on any atom is -0.352 e. The molecule has 0 unspecified atom stereocenters. The predicted octanol–water partition coefficient (Wildman–Crippen LogP) is 2.24. The van der Waals surface area contributed by atoms with E-state index in [2.05, 4.69) is 25.1 Å². The first-order valence-electron chi connectivity index (χ1n) is 6.96. The number of pyridine rings is 1. The minimum atomic E-state index is 0.727. The normalized spacial score (nSPS) is 15.5. The van der Waals surface area contributed by atoms with Crippen molar-refractivity contribution in [1.29, 1.82) is 0 Å². The van der Waals surface area contributed by atoms with Crippen LogP contribution in [0.5, 0.6) is 0 Å². The van der Waals surface area contributed by atoms with Gasteiger partial charge in [-0.2, -0.15) is 0 Å². The van der Waals surface area contributed by atoms with E-state index in [1.807, 2.05) is 30.9 Å². The molecule has 0 radical (unpaired) electrons. The van der Waals surface area contributed by atoms with Crippen molar-refractivity contribution in [3.05, 3.63) is 34.4 Å². The molecule has 1 aliphatic heterocycles. The molecule has 5 nitrogen and oxygen atoms in total. The molecule has 0 bridgehead atoms. The summed E-state index contributed by atoms with van der Waals surface area (Å²) in [6.07, 6.45) is 3.75. The van der Waals surface area contributed by atoms with Crippen molar-refractivity contribution in [1.82, 2.24) is 15.3 Å². The Kier molecular flexibility index (Phi) is 4.57. The van der Waals surface area contributed by atoms with E-state index in [1.54, 1.807) is 11.3 Å². The number of hydrogen-bond donors (Lipinski definition) is 1. The third-order valence-corrected chi connectivity index (χ3v) is 4.64. The first kappa shape index (κ1) is 14.6. The van der Waals surface area contributed by atoms with Gasteiger partial charge in [0.05, 0.1) is 5.02 Å². The van der Waals surface area contributed by atoms with Crippen molar-refractivity contribution in [2.24, 2.45) is 0 Å². The highest BCUT2D eigenvalue weighted by molar-refractivity contribution is 7.13. The van der Waals surface area contributed by atoms with Gasteiger partial charge in [0.1, 0.15) is 5.82 Å². The van der Waals surface area contributed by atoms with E-state index in [4.69, 9.17) is 11.6 Å². The molecule has 3 rings (SSSR count). The number of rotatable bonds is 4. The summed E-state index contributed by atoms with van der Waals surface area (Å²) in [4.78, 5) is 13.5. The molecule has 1 N–H and O–H groups in total. The lowest BCUT2D eigenvalue weighted by atomic mass is 10.2. The van der Waals surface area contributed by atoms with Crippen molar-refractivity contribution in [2.75, 3.05) is 43.0 Å². The monoisotopic (exact) mass is 323 g/mol. The van der Waals surface area contributed by atoms with Crippen molar-refractivity contribution in [3.8, 4) is 0 Å². The fourth-order valence-electron chi connectivity index (χ4n) is 2.49. The average molecular weight is 324 g/mol. The Morgan fingerprint density at radius 2 is 2.00 bits per heavy atom. The second-order valence-electron chi connectivity index (χ2n) is 4.97. The summed E-state index contributed by atoms with van der Waals surface area (Å²) in [6, 6.07) is 1.99. The molecular weight excluding hydrogens is 306 g/mol. The van der Waals surface area contributed by atoms with Crippen LogP contribution in [-0.2, 0) is 6.54 Å². The molecule has 0 aromatic carbocycles. The predicted molar refractivity (Wildman–Crippen MR) is 88.6 cm³/mol. The van der Waals surface area contributed by atoms with Gasteiger partial charge in [-0.05, 0) is 18.7 Å². The molecule has 1 saturated heterocycles. The molecule has 7 heteroatoms. The van der Waals surface area contributed by atoms with Gasteiger partial charge in [-0.25, -0.2) is 9.97 Å². The van der Waals surface area contributed by atoms with Gasteiger partial charge in [-0.15, -0.1) is 11.3 Å². The Bertz CT molecular complexity index is 581. The molecular formula is C14H18ClN5S. The standard InChI is InChI=1S/C14H18ClN5S/c1-16-9-11-8-12(15)13(18-10-11)19-3-5-20(6-4-19)14-17-2-7-21-14/h2,7-8,10,16H,3-6,9H2,1H3. The second-order valence-corrected chi connectivity index (χ2v) is 6.25. The maximum absolute atomic E-state index is 6.38. The fraction of sp³-hybridized carbons (Fsp3) is 0.429. The number of nitrogens with zero attached hydrogens (tertiary/aromatic N) is 4. The van der Waals surface area contributed by atoms with Crippen molar-refractivity contribution in [2.45, 2.75) is 6.54 Å². The number of thiazole rings is 1. The fourth-order valence-corrected chi connectivity index (χ4v) is 3.49. The van der Waals surface area contributed by atoms with Crippen LogP contribution in [0, 0.1) is 0 Å². The number of halogens is 1. The van der Waals surface area contributed by atoms with E-state index in [0.717, 1.165) is 54.3 Å².